The summed E-state index contributed by atoms with van der Waals surface area (Å²) in [4.78, 5) is 17.2. The lowest BCUT2D eigenvalue weighted by Crippen LogP contribution is -2.48. The second-order valence-electron chi connectivity index (χ2n) is 8.98. The second-order valence-corrected chi connectivity index (χ2v) is 8.98. The summed E-state index contributed by atoms with van der Waals surface area (Å²) in [5.74, 6) is 1.14. The van der Waals surface area contributed by atoms with Crippen LogP contribution in [-0.2, 0) is 9.53 Å². The van der Waals surface area contributed by atoms with E-state index in [1.165, 1.54) is 4.68 Å². The first-order chi connectivity index (χ1) is 14.4. The molecule has 1 aromatic rings. The third-order valence-corrected chi connectivity index (χ3v) is 6.77. The molecule has 7 nitrogen and oxygen atoms in total. The lowest BCUT2D eigenvalue weighted by Gasteiger charge is -2.41. The van der Waals surface area contributed by atoms with Crippen LogP contribution in [0.15, 0.2) is 6.07 Å². The highest BCUT2D eigenvalue weighted by molar-refractivity contribution is 5.78. The van der Waals surface area contributed by atoms with Crippen LogP contribution in [0.2, 0.25) is 0 Å². The van der Waals surface area contributed by atoms with Crippen molar-refractivity contribution < 1.29 is 18.3 Å². The molecule has 0 bridgehead atoms. The van der Waals surface area contributed by atoms with E-state index in [0.29, 0.717) is 25.3 Å². The summed E-state index contributed by atoms with van der Waals surface area (Å²) in [5.41, 5.74) is 0.749. The van der Waals surface area contributed by atoms with Gasteiger partial charge in [0.05, 0.1) is 18.9 Å². The number of rotatable bonds is 5. The van der Waals surface area contributed by atoms with Crippen LogP contribution in [0.1, 0.15) is 37.9 Å². The molecule has 168 valence electrons. The molecule has 30 heavy (non-hydrogen) atoms. The standard InChI is InChI=1S/C21H33F2N5O2/c1-14(13-26-7-9-30-10-8-26)21(29)27-5-3-16(4-6-27)17-12-18(20(22)23)28-19(24-17)11-15(2)25-28/h11,14,16-18,20,24H,3-10,12-13H2,1-2H3/t14-,17+,18-/m1/s1. The zero-order chi connectivity index (χ0) is 21.3. The first-order valence-corrected chi connectivity index (χ1v) is 11.1. The van der Waals surface area contributed by atoms with Crippen LogP contribution in [-0.4, -0.2) is 83.9 Å². The molecule has 4 heterocycles. The molecule has 9 heteroatoms. The summed E-state index contributed by atoms with van der Waals surface area (Å²) in [5, 5.41) is 7.68. The number of nitrogens with zero attached hydrogens (tertiary/aromatic N) is 4. The number of nitrogens with one attached hydrogen (secondary N) is 1. The molecule has 0 aromatic carbocycles. The largest absolute Gasteiger partial charge is 0.379 e. The Morgan fingerprint density at radius 2 is 1.97 bits per heavy atom. The highest BCUT2D eigenvalue weighted by Crippen LogP contribution is 2.37. The Morgan fingerprint density at radius 3 is 2.63 bits per heavy atom. The predicted molar refractivity (Wildman–Crippen MR) is 110 cm³/mol. The van der Waals surface area contributed by atoms with E-state index in [4.69, 9.17) is 4.74 Å². The minimum Gasteiger partial charge on any atom is -0.379 e. The van der Waals surface area contributed by atoms with Crippen molar-refractivity contribution in [1.82, 2.24) is 19.6 Å². The van der Waals surface area contributed by atoms with Gasteiger partial charge in [-0.15, -0.1) is 0 Å². The molecule has 3 aliphatic heterocycles. The van der Waals surface area contributed by atoms with Crippen LogP contribution < -0.4 is 5.32 Å². The van der Waals surface area contributed by atoms with Gasteiger partial charge < -0.3 is 15.0 Å². The molecule has 1 amide bonds. The highest BCUT2D eigenvalue weighted by Gasteiger charge is 2.38. The van der Waals surface area contributed by atoms with Crippen molar-refractivity contribution in [3.63, 3.8) is 0 Å². The average molecular weight is 426 g/mol. The van der Waals surface area contributed by atoms with Crippen LogP contribution in [0.25, 0.3) is 0 Å². The maximum atomic E-state index is 13.6. The van der Waals surface area contributed by atoms with Gasteiger partial charge in [0.15, 0.2) is 0 Å². The zero-order valence-corrected chi connectivity index (χ0v) is 17.9. The summed E-state index contributed by atoms with van der Waals surface area (Å²) in [6.07, 6.45) is -0.374. The lowest BCUT2D eigenvalue weighted by molar-refractivity contribution is -0.137. The Labute approximate surface area is 176 Å². The van der Waals surface area contributed by atoms with Crippen molar-refractivity contribution in [2.75, 3.05) is 51.3 Å². The molecule has 2 saturated heterocycles. The van der Waals surface area contributed by atoms with Crippen LogP contribution >= 0.6 is 0 Å². The zero-order valence-electron chi connectivity index (χ0n) is 17.9. The molecular formula is C21H33F2N5O2. The molecule has 1 N–H and O–H groups in total. The number of hydrogen-bond acceptors (Lipinski definition) is 5. The molecular weight excluding hydrogens is 392 g/mol. The summed E-state index contributed by atoms with van der Waals surface area (Å²) in [6.45, 7) is 9.24. The summed E-state index contributed by atoms with van der Waals surface area (Å²) in [7, 11) is 0. The van der Waals surface area contributed by atoms with Gasteiger partial charge in [-0.1, -0.05) is 6.92 Å². The molecule has 3 aliphatic rings. The predicted octanol–water partition coefficient (Wildman–Crippen LogP) is 2.39. The number of likely N-dealkylation sites (tertiary alicyclic amines) is 1. The van der Waals surface area contributed by atoms with E-state index in [-0.39, 0.29) is 23.8 Å². The van der Waals surface area contributed by atoms with E-state index in [9.17, 15) is 13.6 Å². The van der Waals surface area contributed by atoms with Crippen molar-refractivity contribution in [2.45, 2.75) is 51.6 Å². The number of hydrogen-bond donors (Lipinski definition) is 1. The minimum absolute atomic E-state index is 0.00405. The molecule has 2 fully saturated rings. The number of carbonyl (C=O) groups excluding carboxylic acids is 1. The fourth-order valence-corrected chi connectivity index (χ4v) is 5.09. The Kier molecular flexibility index (Phi) is 6.57. The number of aromatic nitrogens is 2. The Bertz CT molecular complexity index is 729. The number of aryl methyl sites for hydroxylation is 1. The molecule has 0 saturated carbocycles. The third-order valence-electron chi connectivity index (χ3n) is 6.77. The molecule has 0 aliphatic carbocycles. The number of amides is 1. The van der Waals surface area contributed by atoms with Crippen LogP contribution in [0, 0.1) is 18.8 Å². The summed E-state index contributed by atoms with van der Waals surface area (Å²) < 4.78 is 34.1. The van der Waals surface area contributed by atoms with Gasteiger partial charge in [0.1, 0.15) is 11.9 Å². The number of ether oxygens (including phenoxy) is 1. The van der Waals surface area contributed by atoms with Crippen molar-refractivity contribution in [2.24, 2.45) is 11.8 Å². The first kappa shape index (κ1) is 21.5. The number of anilines is 1. The van der Waals surface area contributed by atoms with E-state index >= 15 is 0 Å². The van der Waals surface area contributed by atoms with Crippen molar-refractivity contribution in [1.29, 1.82) is 0 Å². The topological polar surface area (TPSA) is 62.6 Å². The third kappa shape index (κ3) is 4.61. The monoisotopic (exact) mass is 425 g/mol. The van der Waals surface area contributed by atoms with Crippen molar-refractivity contribution in [3.05, 3.63) is 11.8 Å². The minimum atomic E-state index is -2.43. The van der Waals surface area contributed by atoms with Gasteiger partial charge in [0, 0.05) is 50.7 Å². The summed E-state index contributed by atoms with van der Waals surface area (Å²) >= 11 is 0. The van der Waals surface area contributed by atoms with E-state index in [0.717, 1.165) is 51.4 Å². The molecule has 4 rings (SSSR count). The molecule has 0 spiro atoms. The number of alkyl halides is 2. The number of morpholine rings is 1. The number of piperidine rings is 1. The number of fused-ring (bicyclic) bond motifs is 1. The van der Waals surface area contributed by atoms with E-state index < -0.39 is 12.5 Å². The molecule has 3 atom stereocenters. The lowest BCUT2D eigenvalue weighted by atomic mass is 9.84. The Balaban J connectivity index is 1.31. The fourth-order valence-electron chi connectivity index (χ4n) is 5.09. The van der Waals surface area contributed by atoms with E-state index in [2.05, 4.69) is 15.3 Å². The quantitative estimate of drug-likeness (QED) is 0.785. The second kappa shape index (κ2) is 9.18. The molecule has 0 unspecified atom stereocenters. The van der Waals surface area contributed by atoms with Gasteiger partial charge in [-0.05, 0) is 32.1 Å². The molecule has 0 radical (unpaired) electrons. The smallest absolute Gasteiger partial charge is 0.260 e. The number of carbonyl (C=O) groups is 1. The van der Waals surface area contributed by atoms with Gasteiger partial charge in [0.2, 0.25) is 5.91 Å². The van der Waals surface area contributed by atoms with Gasteiger partial charge in [0.25, 0.3) is 6.43 Å². The van der Waals surface area contributed by atoms with Gasteiger partial charge >= 0.3 is 0 Å². The Morgan fingerprint density at radius 1 is 1.27 bits per heavy atom. The van der Waals surface area contributed by atoms with Crippen molar-refractivity contribution in [3.8, 4) is 0 Å². The maximum absolute atomic E-state index is 13.6. The maximum Gasteiger partial charge on any atom is 0.260 e. The van der Waals surface area contributed by atoms with Crippen LogP contribution in [0.3, 0.4) is 0 Å². The first-order valence-electron chi connectivity index (χ1n) is 11.1. The molecule has 1 aromatic heterocycles. The van der Waals surface area contributed by atoms with E-state index in [1.54, 1.807) is 0 Å². The number of halogens is 2. The average Bonchev–Trinajstić information content (AvgIpc) is 3.13. The van der Waals surface area contributed by atoms with Crippen molar-refractivity contribution >= 4 is 11.7 Å². The van der Waals surface area contributed by atoms with Crippen LogP contribution in [0.4, 0.5) is 14.6 Å². The fraction of sp³-hybridized carbons (Fsp3) is 0.810. The van der Waals surface area contributed by atoms with E-state index in [1.807, 2.05) is 24.8 Å². The van der Waals surface area contributed by atoms with Crippen LogP contribution in [0.5, 0.6) is 0 Å². The summed E-state index contributed by atoms with van der Waals surface area (Å²) in [6, 6.07) is 0.955. The Hall–Kier alpha value is -1.74. The van der Waals surface area contributed by atoms with Gasteiger partial charge in [-0.3, -0.25) is 9.69 Å². The highest BCUT2D eigenvalue weighted by atomic mass is 19.3. The SMILES string of the molecule is Cc1cc2n(n1)[C@@H](C(F)F)C[C@@H](C1CCN(C(=O)[C@H](C)CN3CCOCC3)CC1)N2. The van der Waals surface area contributed by atoms with Gasteiger partial charge in [-0.2, -0.15) is 5.10 Å². The van der Waals surface area contributed by atoms with Gasteiger partial charge in [-0.25, -0.2) is 13.5 Å². The normalized spacial score (nSPS) is 27.0.